The first-order chi connectivity index (χ1) is 11.6. The molecule has 2 aliphatic rings. The number of benzene rings is 1. The van der Waals surface area contributed by atoms with Gasteiger partial charge in [0.05, 0.1) is 23.8 Å². The molecule has 128 valence electrons. The number of carbonyl (C=O) groups is 2. The van der Waals surface area contributed by atoms with Crippen LogP contribution in [0, 0.1) is 5.82 Å². The Morgan fingerprint density at radius 1 is 1.29 bits per heavy atom. The lowest BCUT2D eigenvalue weighted by Gasteiger charge is -2.29. The van der Waals surface area contributed by atoms with Crippen molar-refractivity contribution >= 4 is 34.7 Å². The molecule has 0 atom stereocenters. The Bertz CT molecular complexity index is 686. The van der Waals surface area contributed by atoms with Crippen LogP contribution in [0.25, 0.3) is 6.08 Å². The second-order valence-electron chi connectivity index (χ2n) is 5.64. The van der Waals surface area contributed by atoms with E-state index >= 15 is 0 Å². The lowest BCUT2D eigenvalue weighted by atomic mass is 10.1. The lowest BCUT2D eigenvalue weighted by molar-refractivity contribution is -0.122. The van der Waals surface area contributed by atoms with Crippen LogP contribution in [0.5, 0.6) is 0 Å². The maximum atomic E-state index is 14.4. The summed E-state index contributed by atoms with van der Waals surface area (Å²) in [6.45, 7) is 4.81. The van der Waals surface area contributed by atoms with Gasteiger partial charge in [0, 0.05) is 19.6 Å². The summed E-state index contributed by atoms with van der Waals surface area (Å²) in [5.41, 5.74) is 1.11. The van der Waals surface area contributed by atoms with Gasteiger partial charge >= 0.3 is 0 Å². The van der Waals surface area contributed by atoms with Crippen molar-refractivity contribution in [1.29, 1.82) is 0 Å². The maximum Gasteiger partial charge on any atom is 0.293 e. The minimum atomic E-state index is -0.335. The van der Waals surface area contributed by atoms with Gasteiger partial charge in [0.1, 0.15) is 5.82 Å². The van der Waals surface area contributed by atoms with Crippen LogP contribution < -0.4 is 4.90 Å². The number of hydrogen-bond acceptors (Lipinski definition) is 5. The minimum absolute atomic E-state index is 0.265. The molecule has 0 unspecified atom stereocenters. The average Bonchev–Trinajstić information content (AvgIpc) is 2.84. The zero-order chi connectivity index (χ0) is 17.1. The number of thioether (sulfide) groups is 1. The first-order valence-corrected chi connectivity index (χ1v) is 8.79. The number of anilines is 1. The molecule has 0 aliphatic carbocycles. The Balaban J connectivity index is 1.79. The second-order valence-corrected chi connectivity index (χ2v) is 6.64. The van der Waals surface area contributed by atoms with Gasteiger partial charge in [-0.1, -0.05) is 13.0 Å². The largest absolute Gasteiger partial charge is 0.378 e. The minimum Gasteiger partial charge on any atom is -0.378 e. The third-order valence-electron chi connectivity index (χ3n) is 3.94. The third-order valence-corrected chi connectivity index (χ3v) is 4.85. The van der Waals surface area contributed by atoms with Gasteiger partial charge in [-0.25, -0.2) is 4.39 Å². The Kier molecular flexibility index (Phi) is 5.20. The SMILES string of the molecule is CCCN1C(=O)S/C(=C\c2ccc(N3CCOCC3)c(F)c2)C1=O. The van der Waals surface area contributed by atoms with E-state index in [-0.39, 0.29) is 17.0 Å². The van der Waals surface area contributed by atoms with Gasteiger partial charge < -0.3 is 9.64 Å². The molecule has 1 aromatic rings. The molecule has 0 radical (unpaired) electrons. The van der Waals surface area contributed by atoms with E-state index in [1.807, 2.05) is 11.8 Å². The first kappa shape index (κ1) is 17.0. The van der Waals surface area contributed by atoms with Crippen LogP contribution >= 0.6 is 11.8 Å². The van der Waals surface area contributed by atoms with Crippen LogP contribution in [-0.2, 0) is 9.53 Å². The molecule has 7 heteroatoms. The highest BCUT2D eigenvalue weighted by Gasteiger charge is 2.34. The fourth-order valence-electron chi connectivity index (χ4n) is 2.74. The predicted octanol–water partition coefficient (Wildman–Crippen LogP) is 3.11. The van der Waals surface area contributed by atoms with Crippen LogP contribution in [0.4, 0.5) is 14.9 Å². The monoisotopic (exact) mass is 350 g/mol. The van der Waals surface area contributed by atoms with Crippen LogP contribution in [0.2, 0.25) is 0 Å². The Labute approximate surface area is 144 Å². The van der Waals surface area contributed by atoms with E-state index in [1.54, 1.807) is 18.2 Å². The lowest BCUT2D eigenvalue weighted by Crippen LogP contribution is -2.36. The molecule has 1 aromatic carbocycles. The number of imide groups is 1. The highest BCUT2D eigenvalue weighted by atomic mass is 32.2. The van der Waals surface area contributed by atoms with E-state index in [0.717, 1.165) is 11.8 Å². The van der Waals surface area contributed by atoms with Crippen LogP contribution in [-0.4, -0.2) is 48.9 Å². The van der Waals surface area contributed by atoms with E-state index in [0.29, 0.717) is 55.4 Å². The maximum absolute atomic E-state index is 14.4. The number of morpholine rings is 1. The number of halogens is 1. The molecule has 2 amide bonds. The van der Waals surface area contributed by atoms with Crippen molar-refractivity contribution < 1.29 is 18.7 Å². The molecule has 2 fully saturated rings. The topological polar surface area (TPSA) is 49.9 Å². The van der Waals surface area contributed by atoms with Crippen molar-refractivity contribution in [3.8, 4) is 0 Å². The Morgan fingerprint density at radius 3 is 2.71 bits per heavy atom. The number of ether oxygens (including phenoxy) is 1. The average molecular weight is 350 g/mol. The van der Waals surface area contributed by atoms with Gasteiger partial charge in [-0.2, -0.15) is 0 Å². The Morgan fingerprint density at radius 2 is 2.04 bits per heavy atom. The summed E-state index contributed by atoms with van der Waals surface area (Å²) in [5, 5.41) is -0.265. The quantitative estimate of drug-likeness (QED) is 0.781. The molecule has 24 heavy (non-hydrogen) atoms. The number of amides is 2. The fourth-order valence-corrected chi connectivity index (χ4v) is 3.61. The summed E-state index contributed by atoms with van der Waals surface area (Å²) >= 11 is 0.904. The van der Waals surface area contributed by atoms with Crippen LogP contribution in [0.1, 0.15) is 18.9 Å². The van der Waals surface area contributed by atoms with Crippen molar-refractivity contribution in [3.63, 3.8) is 0 Å². The van der Waals surface area contributed by atoms with Gasteiger partial charge in [0.25, 0.3) is 11.1 Å². The van der Waals surface area contributed by atoms with Crippen molar-refractivity contribution in [3.05, 3.63) is 34.5 Å². The predicted molar refractivity (Wildman–Crippen MR) is 92.4 cm³/mol. The molecule has 0 saturated carbocycles. The number of hydrogen-bond donors (Lipinski definition) is 0. The summed E-state index contributed by atoms with van der Waals surface area (Å²) in [5.74, 6) is -0.636. The first-order valence-electron chi connectivity index (χ1n) is 7.97. The van der Waals surface area contributed by atoms with Crippen LogP contribution in [0.15, 0.2) is 23.1 Å². The molecular weight excluding hydrogens is 331 g/mol. The number of nitrogens with zero attached hydrogens (tertiary/aromatic N) is 2. The number of rotatable bonds is 4. The normalized spacial score (nSPS) is 20.3. The van der Waals surface area contributed by atoms with E-state index in [9.17, 15) is 14.0 Å². The third kappa shape index (κ3) is 3.47. The van der Waals surface area contributed by atoms with E-state index in [2.05, 4.69) is 0 Å². The van der Waals surface area contributed by atoms with Gasteiger partial charge in [-0.15, -0.1) is 0 Å². The summed E-state index contributed by atoms with van der Waals surface area (Å²) < 4.78 is 19.7. The molecule has 3 rings (SSSR count). The molecule has 0 spiro atoms. The summed E-state index contributed by atoms with van der Waals surface area (Å²) in [6.07, 6.45) is 2.29. The molecule has 0 N–H and O–H groups in total. The molecule has 5 nitrogen and oxygen atoms in total. The zero-order valence-electron chi connectivity index (χ0n) is 13.5. The van der Waals surface area contributed by atoms with Gasteiger partial charge in [-0.05, 0) is 42.0 Å². The van der Waals surface area contributed by atoms with Crippen molar-refractivity contribution in [2.75, 3.05) is 37.7 Å². The van der Waals surface area contributed by atoms with E-state index < -0.39 is 0 Å². The highest BCUT2D eigenvalue weighted by molar-refractivity contribution is 8.18. The van der Waals surface area contributed by atoms with Gasteiger partial charge in [0.2, 0.25) is 0 Å². The molecular formula is C17H19FN2O3S. The second kappa shape index (κ2) is 7.36. The molecule has 0 aromatic heterocycles. The summed E-state index contributed by atoms with van der Waals surface area (Å²) in [4.78, 5) is 27.6. The Hall–Kier alpha value is -1.86. The number of carbonyl (C=O) groups excluding carboxylic acids is 2. The van der Waals surface area contributed by atoms with E-state index in [1.165, 1.54) is 11.0 Å². The smallest absolute Gasteiger partial charge is 0.293 e. The highest BCUT2D eigenvalue weighted by Crippen LogP contribution is 2.33. The summed E-state index contributed by atoms with van der Waals surface area (Å²) in [6, 6.07) is 4.88. The van der Waals surface area contributed by atoms with Crippen molar-refractivity contribution in [1.82, 2.24) is 4.90 Å². The van der Waals surface area contributed by atoms with Crippen molar-refractivity contribution in [2.45, 2.75) is 13.3 Å². The molecule has 2 aliphatic heterocycles. The molecule has 2 saturated heterocycles. The summed E-state index contributed by atoms with van der Waals surface area (Å²) in [7, 11) is 0. The fraction of sp³-hybridized carbons (Fsp3) is 0.412. The standard InChI is InChI=1S/C17H19FN2O3S/c1-2-5-20-16(21)15(24-17(20)22)11-12-3-4-14(13(18)10-12)19-6-8-23-9-7-19/h3-4,10-11H,2,5-9H2,1H3/b15-11-. The van der Waals surface area contributed by atoms with E-state index in [4.69, 9.17) is 4.74 Å². The zero-order valence-corrected chi connectivity index (χ0v) is 14.3. The van der Waals surface area contributed by atoms with Crippen molar-refractivity contribution in [2.24, 2.45) is 0 Å². The van der Waals surface area contributed by atoms with Gasteiger partial charge in [0.15, 0.2) is 0 Å². The molecule has 0 bridgehead atoms. The van der Waals surface area contributed by atoms with Crippen LogP contribution in [0.3, 0.4) is 0 Å². The van der Waals surface area contributed by atoms with Gasteiger partial charge in [-0.3, -0.25) is 14.5 Å². The molecule has 2 heterocycles.